The minimum absolute atomic E-state index is 0.0493. The number of anilines is 1. The molecular weight excluding hydrogens is 370 g/mol. The zero-order valence-corrected chi connectivity index (χ0v) is 15.7. The first kappa shape index (κ1) is 17.1. The second-order valence-corrected chi connectivity index (χ2v) is 9.24. The number of nitrogens with zero attached hydrogens (tertiary/aromatic N) is 1. The molecular formula is C18H17N3O3S2. The molecule has 0 atom stereocenters. The van der Waals surface area contributed by atoms with Crippen LogP contribution in [0.3, 0.4) is 0 Å². The molecule has 3 aromatic rings. The van der Waals surface area contributed by atoms with Crippen molar-refractivity contribution in [3.05, 3.63) is 53.0 Å². The molecule has 8 heteroatoms. The molecule has 1 saturated carbocycles. The summed E-state index contributed by atoms with van der Waals surface area (Å²) >= 11 is 1.57. The van der Waals surface area contributed by atoms with E-state index in [2.05, 4.69) is 15.0 Å². The Bertz CT molecular complexity index is 1080. The van der Waals surface area contributed by atoms with Crippen LogP contribution in [0.1, 0.15) is 28.2 Å². The number of benzene rings is 2. The zero-order valence-electron chi connectivity index (χ0n) is 14.0. The molecule has 0 unspecified atom stereocenters. The number of hydrogen-bond acceptors (Lipinski definition) is 5. The van der Waals surface area contributed by atoms with E-state index in [1.165, 1.54) is 24.3 Å². The van der Waals surface area contributed by atoms with Crippen LogP contribution in [0.15, 0.2) is 47.4 Å². The van der Waals surface area contributed by atoms with Gasteiger partial charge in [0, 0.05) is 17.3 Å². The predicted octanol–water partition coefficient (Wildman–Crippen LogP) is 3.30. The van der Waals surface area contributed by atoms with E-state index in [0.717, 1.165) is 28.1 Å². The van der Waals surface area contributed by atoms with Crippen molar-refractivity contribution in [3.63, 3.8) is 0 Å². The summed E-state index contributed by atoms with van der Waals surface area (Å²) in [5.41, 5.74) is 1.98. The van der Waals surface area contributed by atoms with Gasteiger partial charge in [-0.3, -0.25) is 4.79 Å². The number of sulfonamides is 1. The van der Waals surface area contributed by atoms with Gasteiger partial charge < -0.3 is 5.32 Å². The highest BCUT2D eigenvalue weighted by Gasteiger charge is 2.27. The normalized spacial score (nSPS) is 14.5. The highest BCUT2D eigenvalue weighted by molar-refractivity contribution is 7.89. The largest absolute Gasteiger partial charge is 0.322 e. The fourth-order valence-corrected chi connectivity index (χ4v) is 4.77. The van der Waals surface area contributed by atoms with Crippen molar-refractivity contribution in [2.24, 2.45) is 0 Å². The number of fused-ring (bicyclic) bond motifs is 1. The van der Waals surface area contributed by atoms with Crippen molar-refractivity contribution in [1.29, 1.82) is 0 Å². The molecule has 2 N–H and O–H groups in total. The first-order chi connectivity index (χ1) is 12.4. The summed E-state index contributed by atoms with van der Waals surface area (Å²) in [6, 6.07) is 11.6. The number of aryl methyl sites for hydroxylation is 1. The van der Waals surface area contributed by atoms with E-state index in [1.807, 2.05) is 19.1 Å². The number of carbonyl (C=O) groups is 1. The zero-order chi connectivity index (χ0) is 18.3. The highest BCUT2D eigenvalue weighted by Crippen LogP contribution is 2.25. The second kappa shape index (κ2) is 6.46. The average Bonchev–Trinajstić information content (AvgIpc) is 3.32. The van der Waals surface area contributed by atoms with Crippen molar-refractivity contribution in [1.82, 2.24) is 9.71 Å². The van der Waals surface area contributed by atoms with Gasteiger partial charge in [0.25, 0.3) is 5.91 Å². The van der Waals surface area contributed by atoms with Crippen LogP contribution in [0, 0.1) is 6.92 Å². The molecule has 134 valence electrons. The van der Waals surface area contributed by atoms with Crippen LogP contribution >= 0.6 is 11.3 Å². The molecule has 1 aliphatic carbocycles. The Labute approximate surface area is 155 Å². The lowest BCUT2D eigenvalue weighted by molar-refractivity contribution is 0.102. The molecule has 2 aromatic carbocycles. The molecule has 1 aromatic heterocycles. The third-order valence-corrected chi connectivity index (χ3v) is 6.55. The van der Waals surface area contributed by atoms with E-state index >= 15 is 0 Å². The van der Waals surface area contributed by atoms with Gasteiger partial charge in [0.2, 0.25) is 10.0 Å². The lowest BCUT2D eigenvalue weighted by Crippen LogP contribution is -2.25. The Kier molecular flexibility index (Phi) is 4.26. The topological polar surface area (TPSA) is 88.2 Å². The first-order valence-electron chi connectivity index (χ1n) is 8.22. The summed E-state index contributed by atoms with van der Waals surface area (Å²) in [4.78, 5) is 17.0. The molecule has 0 spiro atoms. The van der Waals surface area contributed by atoms with E-state index in [-0.39, 0.29) is 16.8 Å². The first-order valence-corrected chi connectivity index (χ1v) is 10.5. The van der Waals surface area contributed by atoms with Gasteiger partial charge in [0.15, 0.2) is 0 Å². The Morgan fingerprint density at radius 3 is 2.58 bits per heavy atom. The predicted molar refractivity (Wildman–Crippen MR) is 102 cm³/mol. The fraction of sp³-hybridized carbons (Fsp3) is 0.222. The van der Waals surface area contributed by atoms with Crippen LogP contribution in [-0.2, 0) is 10.0 Å². The molecule has 26 heavy (non-hydrogen) atoms. The summed E-state index contributed by atoms with van der Waals surface area (Å²) in [6.07, 6.45) is 1.76. The number of thiazole rings is 1. The maximum absolute atomic E-state index is 12.4. The standard InChI is InChI=1S/C18H17N3O3S2/c1-11-19-16-9-6-14(10-17(16)25-11)20-18(22)12-2-7-15(8-3-12)26(23,24)21-13-4-5-13/h2-3,6-10,13,21H,4-5H2,1H3,(H,20,22). The van der Waals surface area contributed by atoms with Crippen LogP contribution in [-0.4, -0.2) is 25.4 Å². The Morgan fingerprint density at radius 1 is 1.15 bits per heavy atom. The Morgan fingerprint density at radius 2 is 1.88 bits per heavy atom. The maximum atomic E-state index is 12.4. The average molecular weight is 387 g/mol. The summed E-state index contributed by atoms with van der Waals surface area (Å²) in [6.45, 7) is 1.94. The summed E-state index contributed by atoms with van der Waals surface area (Å²) in [5.74, 6) is -0.287. The van der Waals surface area contributed by atoms with Gasteiger partial charge >= 0.3 is 0 Å². The summed E-state index contributed by atoms with van der Waals surface area (Å²) < 4.78 is 28.0. The van der Waals surface area contributed by atoms with Gasteiger partial charge in [-0.2, -0.15) is 0 Å². The molecule has 0 saturated heterocycles. The molecule has 1 aliphatic rings. The van der Waals surface area contributed by atoms with Crippen molar-refractivity contribution < 1.29 is 13.2 Å². The van der Waals surface area contributed by atoms with Crippen LogP contribution < -0.4 is 10.0 Å². The van der Waals surface area contributed by atoms with Crippen LogP contribution in [0.5, 0.6) is 0 Å². The number of rotatable bonds is 5. The molecule has 1 heterocycles. The molecule has 0 bridgehead atoms. The number of hydrogen-bond donors (Lipinski definition) is 2. The van der Waals surface area contributed by atoms with Crippen molar-refractivity contribution in [2.45, 2.75) is 30.7 Å². The van der Waals surface area contributed by atoms with E-state index < -0.39 is 10.0 Å². The van der Waals surface area contributed by atoms with Crippen LogP contribution in [0.25, 0.3) is 10.2 Å². The summed E-state index contributed by atoms with van der Waals surface area (Å²) in [7, 11) is -3.51. The SMILES string of the molecule is Cc1nc2ccc(NC(=O)c3ccc(S(=O)(=O)NC4CC4)cc3)cc2s1. The van der Waals surface area contributed by atoms with E-state index in [4.69, 9.17) is 0 Å². The number of amides is 1. The van der Waals surface area contributed by atoms with Gasteiger partial charge in [0.05, 0.1) is 20.1 Å². The minimum Gasteiger partial charge on any atom is -0.322 e. The molecule has 1 fully saturated rings. The Balaban J connectivity index is 1.50. The van der Waals surface area contributed by atoms with Gasteiger partial charge in [-0.1, -0.05) is 0 Å². The number of carbonyl (C=O) groups excluding carboxylic acids is 1. The third-order valence-electron chi connectivity index (χ3n) is 4.08. The maximum Gasteiger partial charge on any atom is 0.255 e. The van der Waals surface area contributed by atoms with Gasteiger partial charge in [-0.25, -0.2) is 18.1 Å². The Hall–Kier alpha value is -2.29. The quantitative estimate of drug-likeness (QED) is 0.703. The third kappa shape index (κ3) is 3.62. The van der Waals surface area contributed by atoms with Crippen LogP contribution in [0.2, 0.25) is 0 Å². The lowest BCUT2D eigenvalue weighted by Gasteiger charge is -2.08. The van der Waals surface area contributed by atoms with Gasteiger partial charge in [-0.15, -0.1) is 11.3 Å². The fourth-order valence-electron chi connectivity index (χ4n) is 2.59. The number of nitrogens with one attached hydrogen (secondary N) is 2. The molecule has 0 aliphatic heterocycles. The number of aromatic nitrogens is 1. The summed E-state index contributed by atoms with van der Waals surface area (Å²) in [5, 5.41) is 3.81. The monoisotopic (exact) mass is 387 g/mol. The van der Waals surface area contributed by atoms with E-state index in [0.29, 0.717) is 11.3 Å². The van der Waals surface area contributed by atoms with Gasteiger partial charge in [0.1, 0.15) is 0 Å². The highest BCUT2D eigenvalue weighted by atomic mass is 32.2. The van der Waals surface area contributed by atoms with Crippen molar-refractivity contribution in [2.75, 3.05) is 5.32 Å². The van der Waals surface area contributed by atoms with Gasteiger partial charge in [-0.05, 0) is 62.2 Å². The smallest absolute Gasteiger partial charge is 0.255 e. The lowest BCUT2D eigenvalue weighted by atomic mass is 10.2. The molecule has 4 rings (SSSR count). The van der Waals surface area contributed by atoms with E-state index in [1.54, 1.807) is 17.4 Å². The van der Waals surface area contributed by atoms with Crippen molar-refractivity contribution in [3.8, 4) is 0 Å². The molecule has 6 nitrogen and oxygen atoms in total. The molecule has 1 amide bonds. The van der Waals surface area contributed by atoms with Crippen LogP contribution in [0.4, 0.5) is 5.69 Å². The minimum atomic E-state index is -3.51. The second-order valence-electron chi connectivity index (χ2n) is 6.29. The van der Waals surface area contributed by atoms with Crippen molar-refractivity contribution >= 4 is 43.2 Å². The van der Waals surface area contributed by atoms with E-state index in [9.17, 15) is 13.2 Å². The molecule has 0 radical (unpaired) electrons.